The number of ether oxygens (including phenoxy) is 1. The number of alkyl halides is 1. The minimum atomic E-state index is -1.57. The summed E-state index contributed by atoms with van der Waals surface area (Å²) in [7, 11) is 0. The Morgan fingerprint density at radius 3 is 2.41 bits per heavy atom. The maximum absolute atomic E-state index is 13.0. The third-order valence-electron chi connectivity index (χ3n) is 2.33. The van der Waals surface area contributed by atoms with Crippen LogP contribution in [0, 0.1) is 17.5 Å². The van der Waals surface area contributed by atoms with Gasteiger partial charge in [-0.25, -0.2) is 18.0 Å². The molecule has 1 saturated heterocycles. The Kier molecular flexibility index (Phi) is 3.15. The van der Waals surface area contributed by atoms with Gasteiger partial charge in [0, 0.05) is 12.1 Å². The molecule has 1 aliphatic rings. The minimum Gasteiger partial charge on any atom is -0.443 e. The summed E-state index contributed by atoms with van der Waals surface area (Å²) in [5, 5.41) is 0. The van der Waals surface area contributed by atoms with Crippen molar-refractivity contribution in [2.75, 3.05) is 17.3 Å². The largest absolute Gasteiger partial charge is 0.443 e. The summed E-state index contributed by atoms with van der Waals surface area (Å²) >= 11 is 5.50. The number of hydrogen-bond donors (Lipinski definition) is 0. The molecule has 3 nitrogen and oxygen atoms in total. The summed E-state index contributed by atoms with van der Waals surface area (Å²) < 4.78 is 43.5. The number of anilines is 1. The third-order valence-corrected chi connectivity index (χ3v) is 2.67. The van der Waals surface area contributed by atoms with Crippen LogP contribution in [0.1, 0.15) is 0 Å². The Hall–Kier alpha value is -1.43. The molecule has 1 aromatic carbocycles. The molecule has 0 bridgehead atoms. The quantitative estimate of drug-likeness (QED) is 0.608. The second-order valence-electron chi connectivity index (χ2n) is 3.49. The average Bonchev–Trinajstić information content (AvgIpc) is 2.67. The van der Waals surface area contributed by atoms with Gasteiger partial charge in [-0.05, 0) is 0 Å². The predicted octanol–water partition coefficient (Wildman–Crippen LogP) is 2.67. The lowest BCUT2D eigenvalue weighted by Gasteiger charge is -2.13. The van der Waals surface area contributed by atoms with Crippen LogP contribution >= 0.6 is 11.6 Å². The fraction of sp³-hybridized carbons (Fsp3) is 0.300. The van der Waals surface area contributed by atoms with E-state index in [0.29, 0.717) is 0 Å². The highest BCUT2D eigenvalue weighted by Gasteiger charge is 2.32. The lowest BCUT2D eigenvalue weighted by molar-refractivity contribution is 0.151. The fourth-order valence-electron chi connectivity index (χ4n) is 1.51. The number of amides is 1. The number of cyclic esters (lactones) is 1. The lowest BCUT2D eigenvalue weighted by Crippen LogP contribution is -2.25. The lowest BCUT2D eigenvalue weighted by atomic mass is 10.2. The first-order chi connectivity index (χ1) is 8.02. The van der Waals surface area contributed by atoms with Crippen molar-refractivity contribution < 1.29 is 22.7 Å². The van der Waals surface area contributed by atoms with Crippen LogP contribution < -0.4 is 4.90 Å². The van der Waals surface area contributed by atoms with E-state index in [1.165, 1.54) is 0 Å². The van der Waals surface area contributed by atoms with Gasteiger partial charge in [-0.2, -0.15) is 0 Å². The van der Waals surface area contributed by atoms with E-state index in [2.05, 4.69) is 0 Å². The van der Waals surface area contributed by atoms with Crippen molar-refractivity contribution in [1.82, 2.24) is 0 Å². The molecule has 1 amide bonds. The molecule has 7 heteroatoms. The van der Waals surface area contributed by atoms with Crippen molar-refractivity contribution in [3.63, 3.8) is 0 Å². The van der Waals surface area contributed by atoms with Gasteiger partial charge in [0.2, 0.25) is 0 Å². The normalized spacial score (nSPS) is 19.6. The van der Waals surface area contributed by atoms with Crippen LogP contribution in [0.15, 0.2) is 12.1 Å². The molecule has 1 heterocycles. The Morgan fingerprint density at radius 2 is 1.94 bits per heavy atom. The van der Waals surface area contributed by atoms with Crippen molar-refractivity contribution in [1.29, 1.82) is 0 Å². The molecule has 92 valence electrons. The highest BCUT2D eigenvalue weighted by molar-refractivity contribution is 6.18. The van der Waals surface area contributed by atoms with E-state index in [0.717, 1.165) is 17.0 Å². The molecule has 0 radical (unpaired) electrons. The molecule has 1 aliphatic heterocycles. The topological polar surface area (TPSA) is 29.5 Å². The fourth-order valence-corrected chi connectivity index (χ4v) is 1.67. The van der Waals surface area contributed by atoms with Crippen molar-refractivity contribution >= 4 is 23.4 Å². The Balaban J connectivity index is 2.32. The number of halogens is 4. The van der Waals surface area contributed by atoms with Crippen LogP contribution in [0.3, 0.4) is 0 Å². The van der Waals surface area contributed by atoms with Gasteiger partial charge in [0.25, 0.3) is 0 Å². The van der Waals surface area contributed by atoms with Gasteiger partial charge in [0.05, 0.1) is 18.1 Å². The van der Waals surface area contributed by atoms with E-state index in [4.69, 9.17) is 16.3 Å². The highest BCUT2D eigenvalue weighted by atomic mass is 35.5. The standard InChI is InChI=1S/C10H7ClF3NO2/c11-3-6-4-15(10(16)17-6)5-1-7(12)9(14)8(13)2-5/h1-2,6H,3-4H2. The third kappa shape index (κ3) is 2.17. The van der Waals surface area contributed by atoms with Crippen LogP contribution in [0.5, 0.6) is 0 Å². The van der Waals surface area contributed by atoms with Crippen molar-refractivity contribution in [3.8, 4) is 0 Å². The molecular formula is C10H7ClF3NO2. The maximum Gasteiger partial charge on any atom is 0.414 e. The second kappa shape index (κ2) is 4.44. The molecule has 0 aromatic heterocycles. The molecule has 0 spiro atoms. The van der Waals surface area contributed by atoms with E-state index in [1.54, 1.807) is 0 Å². The van der Waals surface area contributed by atoms with Crippen LogP contribution in [-0.2, 0) is 4.74 Å². The summed E-state index contributed by atoms with van der Waals surface area (Å²) in [4.78, 5) is 12.4. The van der Waals surface area contributed by atoms with Gasteiger partial charge < -0.3 is 4.74 Å². The first-order valence-electron chi connectivity index (χ1n) is 4.71. The van der Waals surface area contributed by atoms with E-state index in [-0.39, 0.29) is 18.1 Å². The monoisotopic (exact) mass is 265 g/mol. The highest BCUT2D eigenvalue weighted by Crippen LogP contribution is 2.25. The first kappa shape index (κ1) is 12.0. The van der Waals surface area contributed by atoms with E-state index >= 15 is 0 Å². The van der Waals surface area contributed by atoms with Gasteiger partial charge in [-0.1, -0.05) is 0 Å². The first-order valence-corrected chi connectivity index (χ1v) is 5.25. The van der Waals surface area contributed by atoms with Crippen molar-refractivity contribution in [2.45, 2.75) is 6.10 Å². The molecular weight excluding hydrogens is 259 g/mol. The van der Waals surface area contributed by atoms with Crippen LogP contribution in [0.25, 0.3) is 0 Å². The van der Waals surface area contributed by atoms with Crippen LogP contribution in [-0.4, -0.2) is 24.6 Å². The SMILES string of the molecule is O=C1OC(CCl)CN1c1cc(F)c(F)c(F)c1. The maximum atomic E-state index is 13.0. The predicted molar refractivity (Wildman–Crippen MR) is 54.7 cm³/mol. The summed E-state index contributed by atoms with van der Waals surface area (Å²) in [6.07, 6.45) is -1.30. The van der Waals surface area contributed by atoms with Gasteiger partial charge in [0.1, 0.15) is 6.10 Å². The number of hydrogen-bond acceptors (Lipinski definition) is 2. The van der Waals surface area contributed by atoms with Crippen molar-refractivity contribution in [3.05, 3.63) is 29.6 Å². The molecule has 2 rings (SSSR count). The zero-order chi connectivity index (χ0) is 12.6. The second-order valence-corrected chi connectivity index (χ2v) is 3.80. The molecule has 17 heavy (non-hydrogen) atoms. The zero-order valence-electron chi connectivity index (χ0n) is 8.42. The van der Waals surface area contributed by atoms with Gasteiger partial charge >= 0.3 is 6.09 Å². The smallest absolute Gasteiger partial charge is 0.414 e. The molecule has 1 atom stereocenters. The molecule has 0 saturated carbocycles. The van der Waals surface area contributed by atoms with Gasteiger partial charge in [-0.15, -0.1) is 11.6 Å². The Labute approximate surface area is 99.7 Å². The van der Waals surface area contributed by atoms with E-state index < -0.39 is 29.6 Å². The van der Waals surface area contributed by atoms with E-state index in [1.807, 2.05) is 0 Å². The summed E-state index contributed by atoms with van der Waals surface area (Å²) in [5.41, 5.74) is -0.0981. The Bertz CT molecular complexity index is 446. The van der Waals surface area contributed by atoms with Gasteiger partial charge in [-0.3, -0.25) is 4.90 Å². The van der Waals surface area contributed by atoms with Gasteiger partial charge in [0.15, 0.2) is 17.5 Å². The summed E-state index contributed by atoms with van der Waals surface area (Å²) in [6.45, 7) is 0.0762. The van der Waals surface area contributed by atoms with E-state index in [9.17, 15) is 18.0 Å². The molecule has 0 aliphatic carbocycles. The Morgan fingerprint density at radius 1 is 1.35 bits per heavy atom. The number of carbonyl (C=O) groups excluding carboxylic acids is 1. The molecule has 1 aromatic rings. The molecule has 1 fully saturated rings. The number of benzene rings is 1. The minimum absolute atomic E-state index is 0.0762. The number of rotatable bonds is 2. The molecule has 0 N–H and O–H groups in total. The number of nitrogens with zero attached hydrogens (tertiary/aromatic N) is 1. The van der Waals surface area contributed by atoms with Crippen LogP contribution in [0.4, 0.5) is 23.7 Å². The average molecular weight is 266 g/mol. The van der Waals surface area contributed by atoms with Crippen molar-refractivity contribution in [2.24, 2.45) is 0 Å². The van der Waals surface area contributed by atoms with Crippen LogP contribution in [0.2, 0.25) is 0 Å². The molecule has 1 unspecified atom stereocenters. The number of carbonyl (C=O) groups is 1. The summed E-state index contributed by atoms with van der Waals surface area (Å²) in [5.74, 6) is -4.21. The zero-order valence-corrected chi connectivity index (χ0v) is 9.18. The summed E-state index contributed by atoms with van der Waals surface area (Å²) in [6, 6.07) is 1.46.